The van der Waals surface area contributed by atoms with Gasteiger partial charge in [-0.25, -0.2) is 8.78 Å². The summed E-state index contributed by atoms with van der Waals surface area (Å²) in [6.45, 7) is -0.369. The van der Waals surface area contributed by atoms with Gasteiger partial charge in [-0.1, -0.05) is 0 Å². The molecule has 100 valence electrons. The predicted molar refractivity (Wildman–Crippen MR) is 49.1 cm³/mol. The Morgan fingerprint density at radius 2 is 1.65 bits per heavy atom. The molecule has 8 heteroatoms. The topological polar surface area (TPSA) is 38.8 Å². The van der Waals surface area contributed by atoms with Crippen LogP contribution >= 0.6 is 0 Å². The third-order valence-corrected chi connectivity index (χ3v) is 2.67. The van der Waals surface area contributed by atoms with E-state index in [0.717, 1.165) is 0 Å². The number of nitrogens with zero attached hydrogens (tertiary/aromatic N) is 1. The number of halogens is 4. The molecule has 4 nitrogen and oxygen atoms in total. The van der Waals surface area contributed by atoms with Gasteiger partial charge in [-0.05, 0) is 0 Å². The second-order valence-corrected chi connectivity index (χ2v) is 3.68. The first-order valence-corrected chi connectivity index (χ1v) is 4.85. The molecule has 17 heavy (non-hydrogen) atoms. The fraction of sp³-hybridized carbons (Fsp3) is 0.889. The van der Waals surface area contributed by atoms with Crippen LogP contribution in [0.2, 0.25) is 0 Å². The van der Waals surface area contributed by atoms with Gasteiger partial charge in [0.25, 0.3) is 5.91 Å². The van der Waals surface area contributed by atoms with E-state index >= 15 is 0 Å². The average Bonchev–Trinajstić information content (AvgIpc) is 2.70. The van der Waals surface area contributed by atoms with E-state index in [1.54, 1.807) is 0 Å². The molecule has 0 saturated carbocycles. The lowest BCUT2D eigenvalue weighted by Gasteiger charge is -2.21. The van der Waals surface area contributed by atoms with E-state index in [1.807, 2.05) is 0 Å². The van der Waals surface area contributed by atoms with E-state index in [1.165, 1.54) is 14.2 Å². The Balaban J connectivity index is 2.73. The summed E-state index contributed by atoms with van der Waals surface area (Å²) in [5, 5.41) is 0. The largest absolute Gasteiger partial charge is 0.383 e. The van der Waals surface area contributed by atoms with Gasteiger partial charge in [0.15, 0.2) is 0 Å². The maximum atomic E-state index is 12.8. The Bertz CT molecular complexity index is 275. The molecule has 1 rings (SSSR count). The zero-order valence-corrected chi connectivity index (χ0v) is 9.33. The van der Waals surface area contributed by atoms with Crippen molar-refractivity contribution in [1.82, 2.24) is 4.90 Å². The lowest BCUT2D eigenvalue weighted by atomic mass is 10.3. The third-order valence-electron chi connectivity index (χ3n) is 2.67. The molecule has 0 aromatic heterocycles. The first-order chi connectivity index (χ1) is 7.84. The van der Waals surface area contributed by atoms with Gasteiger partial charge in [0.05, 0.1) is 0 Å². The fourth-order valence-corrected chi connectivity index (χ4v) is 1.67. The number of ether oxygens (including phenoxy) is 2. The Hall–Kier alpha value is -0.890. The van der Waals surface area contributed by atoms with Crippen molar-refractivity contribution in [2.45, 2.75) is 24.6 Å². The summed E-state index contributed by atoms with van der Waals surface area (Å²) in [4.78, 5) is 11.8. The second kappa shape index (κ2) is 5.18. The van der Waals surface area contributed by atoms with E-state index in [0.29, 0.717) is 4.90 Å². The molecule has 0 aliphatic carbocycles. The number of amides is 1. The minimum Gasteiger partial charge on any atom is -0.377 e. The molecule has 2 atom stereocenters. The van der Waals surface area contributed by atoms with Crippen LogP contribution in [0.15, 0.2) is 0 Å². The zero-order chi connectivity index (χ0) is 13.2. The molecular formula is C9H13F4NO3. The number of hydrogen-bond donors (Lipinski definition) is 0. The molecular weight excluding hydrogens is 246 g/mol. The van der Waals surface area contributed by atoms with E-state index in [-0.39, 0.29) is 13.1 Å². The molecule has 1 amide bonds. The zero-order valence-electron chi connectivity index (χ0n) is 9.33. The van der Waals surface area contributed by atoms with Crippen molar-refractivity contribution in [2.75, 3.05) is 27.3 Å². The van der Waals surface area contributed by atoms with Crippen molar-refractivity contribution in [3.05, 3.63) is 0 Å². The van der Waals surface area contributed by atoms with Gasteiger partial charge in [-0.15, -0.1) is 0 Å². The maximum Gasteiger partial charge on any atom is 0.383 e. The van der Waals surface area contributed by atoms with Gasteiger partial charge < -0.3 is 14.4 Å². The lowest BCUT2D eigenvalue weighted by Crippen LogP contribution is -2.47. The first-order valence-electron chi connectivity index (χ1n) is 4.85. The second-order valence-electron chi connectivity index (χ2n) is 3.68. The van der Waals surface area contributed by atoms with Crippen molar-refractivity contribution in [2.24, 2.45) is 0 Å². The van der Waals surface area contributed by atoms with Crippen molar-refractivity contribution in [3.8, 4) is 0 Å². The molecule has 0 bridgehead atoms. The summed E-state index contributed by atoms with van der Waals surface area (Å²) >= 11 is 0. The molecule has 1 fully saturated rings. The predicted octanol–water partition coefficient (Wildman–Crippen LogP) is 0.759. The minimum atomic E-state index is -4.67. The monoisotopic (exact) mass is 259 g/mol. The van der Waals surface area contributed by atoms with Crippen LogP contribution in [0, 0.1) is 0 Å². The smallest absolute Gasteiger partial charge is 0.377 e. The molecule has 1 aliphatic rings. The molecule has 0 N–H and O–H groups in total. The van der Waals surface area contributed by atoms with Crippen molar-refractivity contribution < 1.29 is 31.8 Å². The number of alkyl halides is 4. The number of likely N-dealkylation sites (tertiary alicyclic amines) is 1. The molecule has 0 radical (unpaired) electrons. The van der Waals surface area contributed by atoms with Gasteiger partial charge in [-0.3, -0.25) is 4.79 Å². The van der Waals surface area contributed by atoms with Crippen LogP contribution in [-0.4, -0.2) is 62.7 Å². The van der Waals surface area contributed by atoms with Crippen LogP contribution < -0.4 is 0 Å². The minimum absolute atomic E-state index is 0.184. The summed E-state index contributed by atoms with van der Waals surface area (Å²) in [7, 11) is 2.66. The number of carbonyl (C=O) groups excluding carboxylic acids is 1. The van der Waals surface area contributed by atoms with Crippen molar-refractivity contribution in [3.63, 3.8) is 0 Å². The maximum absolute atomic E-state index is 12.8. The van der Waals surface area contributed by atoms with Crippen LogP contribution in [0.25, 0.3) is 0 Å². The van der Waals surface area contributed by atoms with Gasteiger partial charge in [0, 0.05) is 27.3 Å². The van der Waals surface area contributed by atoms with Gasteiger partial charge in [-0.2, -0.15) is 8.78 Å². The van der Waals surface area contributed by atoms with E-state index in [2.05, 4.69) is 0 Å². The lowest BCUT2D eigenvalue weighted by molar-refractivity contribution is -0.180. The summed E-state index contributed by atoms with van der Waals surface area (Å²) in [6, 6.07) is 0. The average molecular weight is 259 g/mol. The molecule has 0 aromatic rings. The summed E-state index contributed by atoms with van der Waals surface area (Å²) < 4.78 is 59.5. The number of carbonyl (C=O) groups is 1. The van der Waals surface area contributed by atoms with Crippen LogP contribution in [0.4, 0.5) is 17.6 Å². The summed E-state index contributed by atoms with van der Waals surface area (Å²) in [5.74, 6) is -6.56. The molecule has 0 spiro atoms. The highest BCUT2D eigenvalue weighted by Gasteiger charge is 2.53. The van der Waals surface area contributed by atoms with Crippen LogP contribution in [0.3, 0.4) is 0 Å². The van der Waals surface area contributed by atoms with E-state index in [4.69, 9.17) is 9.47 Å². The number of hydrogen-bond acceptors (Lipinski definition) is 3. The number of methoxy groups -OCH3 is 2. The van der Waals surface area contributed by atoms with Crippen molar-refractivity contribution in [1.29, 1.82) is 0 Å². The molecule has 2 unspecified atom stereocenters. The standard InChI is InChI=1S/C9H13F4NO3/c1-16-5-3-14(4-6(5)17-2)8(15)9(12,13)7(10)11/h5-7H,3-4H2,1-2H3. The highest BCUT2D eigenvalue weighted by atomic mass is 19.3. The Morgan fingerprint density at radius 3 is 1.94 bits per heavy atom. The third kappa shape index (κ3) is 2.68. The fourth-order valence-electron chi connectivity index (χ4n) is 1.67. The van der Waals surface area contributed by atoms with E-state index < -0.39 is 30.5 Å². The summed E-state index contributed by atoms with van der Waals surface area (Å²) in [5.41, 5.74) is 0. The molecule has 1 heterocycles. The first kappa shape index (κ1) is 14.2. The Labute approximate surface area is 95.5 Å². The van der Waals surface area contributed by atoms with Crippen LogP contribution in [-0.2, 0) is 14.3 Å². The Kier molecular flexibility index (Phi) is 4.31. The highest BCUT2D eigenvalue weighted by Crippen LogP contribution is 2.28. The van der Waals surface area contributed by atoms with Gasteiger partial charge in [0.1, 0.15) is 12.2 Å². The Morgan fingerprint density at radius 1 is 1.24 bits per heavy atom. The quantitative estimate of drug-likeness (QED) is 0.700. The molecule has 0 aromatic carbocycles. The molecule has 1 saturated heterocycles. The van der Waals surface area contributed by atoms with Crippen LogP contribution in [0.1, 0.15) is 0 Å². The van der Waals surface area contributed by atoms with Gasteiger partial charge >= 0.3 is 12.3 Å². The van der Waals surface area contributed by atoms with Crippen molar-refractivity contribution >= 4 is 5.91 Å². The van der Waals surface area contributed by atoms with Gasteiger partial charge in [0.2, 0.25) is 0 Å². The number of rotatable bonds is 4. The van der Waals surface area contributed by atoms with E-state index in [9.17, 15) is 22.4 Å². The summed E-state index contributed by atoms with van der Waals surface area (Å²) in [6.07, 6.45) is -5.19. The normalized spacial score (nSPS) is 25.7. The highest BCUT2D eigenvalue weighted by molar-refractivity contribution is 5.84. The SMILES string of the molecule is COC1CN(C(=O)C(F)(F)C(F)F)CC1OC. The molecule has 1 aliphatic heterocycles. The van der Waals surface area contributed by atoms with Crippen LogP contribution in [0.5, 0.6) is 0 Å².